The van der Waals surface area contributed by atoms with Crippen LogP contribution in [-0.2, 0) is 5.66 Å². The fraction of sp³-hybridized carbons (Fsp3) is 0.278. The Hall–Kier alpha value is -2.77. The van der Waals surface area contributed by atoms with Gasteiger partial charge in [-0.1, -0.05) is 31.2 Å². The first-order valence-electron chi connectivity index (χ1n) is 8.04. The smallest absolute Gasteiger partial charge is 0.274 e. The Morgan fingerprint density at radius 3 is 2.52 bits per heavy atom. The molecule has 2 aromatic rings. The maximum atomic E-state index is 13.2. The molecule has 0 saturated heterocycles. The molecule has 0 fully saturated rings. The van der Waals surface area contributed by atoms with Crippen molar-refractivity contribution in [2.75, 3.05) is 0 Å². The minimum atomic E-state index is -1.45. The minimum Gasteiger partial charge on any atom is -0.622 e. The van der Waals surface area contributed by atoms with Gasteiger partial charge in [-0.25, -0.2) is 0 Å². The molecule has 2 unspecified atom stereocenters. The highest BCUT2D eigenvalue weighted by Gasteiger charge is 2.55. The van der Waals surface area contributed by atoms with Gasteiger partial charge in [-0.2, -0.15) is 4.74 Å². The quantitative estimate of drug-likeness (QED) is 0.399. The van der Waals surface area contributed by atoms with Crippen molar-refractivity contribution in [1.82, 2.24) is 5.06 Å². The van der Waals surface area contributed by atoms with Crippen LogP contribution < -0.4 is 0 Å². The predicted molar refractivity (Wildman–Crippen MR) is 92.3 cm³/mol. The molecule has 25 heavy (non-hydrogen) atoms. The molecule has 0 amide bonds. The van der Waals surface area contributed by atoms with Crippen LogP contribution in [-0.4, -0.2) is 31.7 Å². The number of non-ortho nitro benzene ring substituents is 1. The van der Waals surface area contributed by atoms with Crippen molar-refractivity contribution in [1.29, 1.82) is 0 Å². The number of nitro groups is 1. The van der Waals surface area contributed by atoms with Gasteiger partial charge in [0, 0.05) is 30.2 Å². The third-order valence-corrected chi connectivity index (χ3v) is 4.73. The molecule has 2 aromatic carbocycles. The lowest BCUT2D eigenvalue weighted by Crippen LogP contribution is -2.46. The molecule has 7 nitrogen and oxygen atoms in total. The molecule has 0 radical (unpaired) electrons. The fourth-order valence-corrected chi connectivity index (χ4v) is 3.33. The van der Waals surface area contributed by atoms with Crippen LogP contribution in [0.1, 0.15) is 31.4 Å². The van der Waals surface area contributed by atoms with Crippen LogP contribution in [0, 0.1) is 15.3 Å². The van der Waals surface area contributed by atoms with E-state index in [9.17, 15) is 20.5 Å². The number of nitrogens with zero attached hydrogens (tertiary/aromatic N) is 3. The summed E-state index contributed by atoms with van der Waals surface area (Å²) < 4.78 is 0.759. The topological polar surface area (TPSA) is 92.7 Å². The lowest BCUT2D eigenvalue weighted by atomic mass is 10.00. The van der Waals surface area contributed by atoms with E-state index >= 15 is 0 Å². The Morgan fingerprint density at radius 2 is 1.92 bits per heavy atom. The number of benzene rings is 2. The molecule has 1 N–H and O–H groups in total. The molecule has 0 aliphatic carbocycles. The highest BCUT2D eigenvalue weighted by atomic mass is 16.6. The monoisotopic (exact) mass is 341 g/mol. The van der Waals surface area contributed by atoms with Crippen molar-refractivity contribution >= 4 is 11.4 Å². The maximum Gasteiger partial charge on any atom is 0.274 e. The van der Waals surface area contributed by atoms with Gasteiger partial charge in [0.15, 0.2) is 0 Å². The van der Waals surface area contributed by atoms with Gasteiger partial charge < -0.3 is 10.4 Å². The Labute approximate surface area is 145 Å². The molecule has 0 spiro atoms. The second kappa shape index (κ2) is 6.27. The van der Waals surface area contributed by atoms with Crippen LogP contribution in [0.2, 0.25) is 0 Å². The summed E-state index contributed by atoms with van der Waals surface area (Å²) in [4.78, 5) is 10.6. The third-order valence-electron chi connectivity index (χ3n) is 4.73. The fourth-order valence-electron chi connectivity index (χ4n) is 3.33. The molecule has 3 rings (SSSR count). The summed E-state index contributed by atoms with van der Waals surface area (Å²) in [6, 6.07) is 14.4. The number of hydroxylamine groups is 3. The van der Waals surface area contributed by atoms with Crippen molar-refractivity contribution < 1.29 is 14.9 Å². The summed E-state index contributed by atoms with van der Waals surface area (Å²) in [6.07, 6.45) is 0.518. The van der Waals surface area contributed by atoms with Gasteiger partial charge in [-0.05, 0) is 24.6 Å². The van der Waals surface area contributed by atoms with Gasteiger partial charge in [0.25, 0.3) is 11.4 Å². The van der Waals surface area contributed by atoms with Crippen LogP contribution in [0.4, 0.5) is 5.69 Å². The number of hydrogen-bond donors (Lipinski definition) is 1. The Morgan fingerprint density at radius 1 is 1.24 bits per heavy atom. The molecular weight excluding hydrogens is 322 g/mol. The van der Waals surface area contributed by atoms with Crippen molar-refractivity contribution in [3.63, 3.8) is 0 Å². The average molecular weight is 341 g/mol. The molecule has 130 valence electrons. The van der Waals surface area contributed by atoms with Crippen molar-refractivity contribution in [2.45, 2.75) is 32.0 Å². The summed E-state index contributed by atoms with van der Waals surface area (Å²) in [7, 11) is 0. The Bertz CT molecular complexity index is 837. The van der Waals surface area contributed by atoms with E-state index in [4.69, 9.17) is 0 Å². The molecule has 2 atom stereocenters. The zero-order valence-corrected chi connectivity index (χ0v) is 14.0. The van der Waals surface area contributed by atoms with Gasteiger partial charge in [0.05, 0.1) is 4.92 Å². The number of rotatable bonds is 4. The van der Waals surface area contributed by atoms with Crippen LogP contribution in [0.25, 0.3) is 0 Å². The Kier molecular flexibility index (Phi) is 4.28. The molecule has 0 bridgehead atoms. The first kappa shape index (κ1) is 17.1. The van der Waals surface area contributed by atoms with E-state index in [2.05, 4.69) is 0 Å². The molecule has 1 aliphatic heterocycles. The predicted octanol–water partition coefficient (Wildman–Crippen LogP) is 3.25. The van der Waals surface area contributed by atoms with Crippen LogP contribution in [0.5, 0.6) is 0 Å². The first-order chi connectivity index (χ1) is 11.9. The zero-order chi connectivity index (χ0) is 18.2. The molecule has 7 heteroatoms. The minimum absolute atomic E-state index is 0.123. The second-order valence-electron chi connectivity index (χ2n) is 6.14. The largest absolute Gasteiger partial charge is 0.622 e. The molecule has 1 heterocycles. The summed E-state index contributed by atoms with van der Waals surface area (Å²) >= 11 is 0. The van der Waals surface area contributed by atoms with Gasteiger partial charge in [0.2, 0.25) is 5.71 Å². The van der Waals surface area contributed by atoms with Crippen molar-refractivity contribution in [3.05, 3.63) is 81.0 Å². The van der Waals surface area contributed by atoms with E-state index in [-0.39, 0.29) is 5.69 Å². The second-order valence-corrected chi connectivity index (χ2v) is 6.14. The summed E-state index contributed by atoms with van der Waals surface area (Å²) in [5.41, 5.74) is -0.0415. The van der Waals surface area contributed by atoms with Crippen LogP contribution >= 0.6 is 0 Å². The standard InChI is InChI=1S/C18H19N3O4/c1-3-16-17(13-8-5-4-6-9-13)20(23)18(2,19(16)22)14-10-7-11-15(12-14)21(24)25/h4-12,16,22H,3H2,1-2H3. The van der Waals surface area contributed by atoms with Crippen LogP contribution in [0.15, 0.2) is 54.6 Å². The average Bonchev–Trinajstić information content (AvgIpc) is 2.84. The van der Waals surface area contributed by atoms with E-state index in [1.165, 1.54) is 18.2 Å². The van der Waals surface area contributed by atoms with Gasteiger partial charge in [0.1, 0.15) is 6.04 Å². The van der Waals surface area contributed by atoms with Gasteiger partial charge >= 0.3 is 0 Å². The van der Waals surface area contributed by atoms with Crippen molar-refractivity contribution in [2.24, 2.45) is 0 Å². The first-order valence-corrected chi connectivity index (χ1v) is 8.04. The molecule has 0 saturated carbocycles. The number of nitro benzene ring substituents is 1. The van der Waals surface area contributed by atoms with E-state index < -0.39 is 16.6 Å². The maximum absolute atomic E-state index is 13.2. The van der Waals surface area contributed by atoms with E-state index in [0.717, 1.165) is 15.4 Å². The summed E-state index contributed by atoms with van der Waals surface area (Å²) in [5, 5.41) is 36.1. The lowest BCUT2D eigenvalue weighted by molar-refractivity contribution is -0.595. The zero-order valence-electron chi connectivity index (χ0n) is 14.0. The van der Waals surface area contributed by atoms with E-state index in [1.54, 1.807) is 13.0 Å². The van der Waals surface area contributed by atoms with Gasteiger partial charge in [-0.3, -0.25) is 10.1 Å². The lowest BCUT2D eigenvalue weighted by Gasteiger charge is -2.30. The summed E-state index contributed by atoms with van der Waals surface area (Å²) in [6.45, 7) is 3.45. The highest BCUT2D eigenvalue weighted by Crippen LogP contribution is 2.38. The van der Waals surface area contributed by atoms with Crippen LogP contribution in [0.3, 0.4) is 0 Å². The third kappa shape index (κ3) is 2.57. The molecular formula is C18H19N3O4. The molecule has 0 aromatic heterocycles. The highest BCUT2D eigenvalue weighted by molar-refractivity contribution is 6.01. The van der Waals surface area contributed by atoms with Gasteiger partial charge in [-0.15, -0.1) is 5.06 Å². The molecule has 1 aliphatic rings. The normalized spacial score (nSPS) is 23.9. The number of hydrogen-bond acceptors (Lipinski definition) is 5. The SMILES string of the molecule is CCC1C(c2ccccc2)=[N+]([O-])C(C)(c2cccc([N+](=O)[O-])c2)N1O. The Balaban J connectivity index is 2.19. The van der Waals surface area contributed by atoms with E-state index in [0.29, 0.717) is 17.7 Å². The summed E-state index contributed by atoms with van der Waals surface area (Å²) in [5.74, 6) is 0. The van der Waals surface area contributed by atoms with Crippen molar-refractivity contribution in [3.8, 4) is 0 Å². The van der Waals surface area contributed by atoms with E-state index in [1.807, 2.05) is 37.3 Å².